The van der Waals surface area contributed by atoms with E-state index in [4.69, 9.17) is 4.74 Å². The van der Waals surface area contributed by atoms with Crippen molar-refractivity contribution in [3.05, 3.63) is 29.8 Å². The van der Waals surface area contributed by atoms with Gasteiger partial charge in [-0.3, -0.25) is 4.79 Å². The smallest absolute Gasteiger partial charge is 0.325 e. The van der Waals surface area contributed by atoms with Crippen LogP contribution >= 0.6 is 11.8 Å². The van der Waals surface area contributed by atoms with Gasteiger partial charge >= 0.3 is 5.97 Å². The van der Waals surface area contributed by atoms with Gasteiger partial charge in [0.1, 0.15) is 17.2 Å². The summed E-state index contributed by atoms with van der Waals surface area (Å²) in [6, 6.07) is 3.50. The number of rotatable bonds is 7. The van der Waals surface area contributed by atoms with Crippen molar-refractivity contribution in [1.82, 2.24) is 5.32 Å². The molecule has 1 aromatic carbocycles. The van der Waals surface area contributed by atoms with Gasteiger partial charge in [-0.2, -0.15) is 0 Å². The van der Waals surface area contributed by atoms with Crippen molar-refractivity contribution in [2.75, 3.05) is 13.7 Å². The molecule has 2 atom stereocenters. The Hall–Kier alpha value is -1.14. The fraction of sp³-hybridized carbons (Fsp3) is 0.533. The van der Waals surface area contributed by atoms with Gasteiger partial charge in [0.25, 0.3) is 0 Å². The highest BCUT2D eigenvalue weighted by Gasteiger charge is 2.35. The first-order chi connectivity index (χ1) is 9.82. The van der Waals surface area contributed by atoms with Crippen LogP contribution in [0.15, 0.2) is 23.1 Å². The summed E-state index contributed by atoms with van der Waals surface area (Å²) in [5.74, 6) is -1.54. The van der Waals surface area contributed by atoms with E-state index >= 15 is 0 Å². The molecule has 0 aliphatic rings. The van der Waals surface area contributed by atoms with Crippen LogP contribution in [0.25, 0.3) is 0 Å². The number of halogens is 2. The number of methoxy groups -OCH3 is 1. The standard InChI is InChI=1S/C15H21F2NO2S/c1-5-18-15(3,14(19)20-4)9-10(2)21-13-7-6-11(16)8-12(13)17/h6-8,10,18H,5,9H2,1-4H3. The summed E-state index contributed by atoms with van der Waals surface area (Å²) in [4.78, 5) is 12.3. The van der Waals surface area contributed by atoms with Crippen LogP contribution in [0.2, 0.25) is 0 Å². The molecule has 1 N–H and O–H groups in total. The SMILES string of the molecule is CCNC(C)(CC(C)Sc1ccc(F)cc1F)C(=O)OC. The lowest BCUT2D eigenvalue weighted by Gasteiger charge is -2.30. The van der Waals surface area contributed by atoms with Crippen LogP contribution in [0.4, 0.5) is 8.78 Å². The third kappa shape index (κ3) is 4.97. The lowest BCUT2D eigenvalue weighted by atomic mass is 9.96. The van der Waals surface area contributed by atoms with Gasteiger partial charge < -0.3 is 10.1 Å². The van der Waals surface area contributed by atoms with Crippen LogP contribution < -0.4 is 5.32 Å². The number of ether oxygens (including phenoxy) is 1. The predicted molar refractivity (Wildman–Crippen MR) is 80.4 cm³/mol. The predicted octanol–water partition coefficient (Wildman–Crippen LogP) is 3.38. The van der Waals surface area contributed by atoms with Gasteiger partial charge in [0.2, 0.25) is 0 Å². The number of esters is 1. The van der Waals surface area contributed by atoms with Crippen molar-refractivity contribution in [3.63, 3.8) is 0 Å². The number of nitrogens with one attached hydrogen (secondary N) is 1. The fourth-order valence-corrected chi connectivity index (χ4v) is 3.42. The molecule has 0 aliphatic heterocycles. The van der Waals surface area contributed by atoms with E-state index in [1.54, 1.807) is 6.92 Å². The maximum Gasteiger partial charge on any atom is 0.325 e. The van der Waals surface area contributed by atoms with E-state index in [1.165, 1.54) is 31.0 Å². The Bertz CT molecular complexity index is 499. The molecule has 0 fully saturated rings. The van der Waals surface area contributed by atoms with Gasteiger partial charge in [-0.1, -0.05) is 13.8 Å². The minimum Gasteiger partial charge on any atom is -0.468 e. The molecule has 1 rings (SSSR count). The van der Waals surface area contributed by atoms with Crippen molar-refractivity contribution < 1.29 is 18.3 Å². The molecule has 0 aliphatic carbocycles. The van der Waals surface area contributed by atoms with Gasteiger partial charge in [-0.05, 0) is 32.0 Å². The van der Waals surface area contributed by atoms with Gasteiger partial charge in [-0.15, -0.1) is 11.8 Å². The maximum atomic E-state index is 13.6. The zero-order chi connectivity index (χ0) is 16.0. The van der Waals surface area contributed by atoms with Crippen LogP contribution in [0.1, 0.15) is 27.2 Å². The van der Waals surface area contributed by atoms with E-state index in [2.05, 4.69) is 5.32 Å². The second kappa shape index (κ2) is 7.75. The number of carbonyl (C=O) groups excluding carboxylic acids is 1. The molecule has 6 heteroatoms. The van der Waals surface area contributed by atoms with Crippen LogP contribution in [-0.2, 0) is 9.53 Å². The van der Waals surface area contributed by atoms with E-state index in [0.717, 1.165) is 6.07 Å². The zero-order valence-electron chi connectivity index (χ0n) is 12.7. The molecular formula is C15H21F2NO2S. The summed E-state index contributed by atoms with van der Waals surface area (Å²) in [5, 5.41) is 3.06. The van der Waals surface area contributed by atoms with Crippen LogP contribution in [0, 0.1) is 11.6 Å². The number of carbonyl (C=O) groups is 1. The number of hydrogen-bond donors (Lipinski definition) is 1. The van der Waals surface area contributed by atoms with Crippen molar-refractivity contribution in [2.24, 2.45) is 0 Å². The first-order valence-corrected chi connectivity index (χ1v) is 7.65. The topological polar surface area (TPSA) is 38.3 Å². The second-order valence-corrected chi connectivity index (χ2v) is 6.54. The molecule has 0 spiro atoms. The average Bonchev–Trinajstić information content (AvgIpc) is 2.41. The highest BCUT2D eigenvalue weighted by Crippen LogP contribution is 2.31. The quantitative estimate of drug-likeness (QED) is 0.618. The average molecular weight is 317 g/mol. The Morgan fingerprint density at radius 1 is 1.48 bits per heavy atom. The van der Waals surface area contributed by atoms with Gasteiger partial charge in [-0.25, -0.2) is 8.78 Å². The summed E-state index contributed by atoms with van der Waals surface area (Å²) in [7, 11) is 1.34. The van der Waals surface area contributed by atoms with Crippen LogP contribution in [0.3, 0.4) is 0 Å². The molecule has 0 amide bonds. The molecule has 0 radical (unpaired) electrons. The Kier molecular flexibility index (Phi) is 6.61. The molecule has 21 heavy (non-hydrogen) atoms. The van der Waals surface area contributed by atoms with E-state index in [-0.39, 0.29) is 11.2 Å². The Morgan fingerprint density at radius 2 is 2.14 bits per heavy atom. The van der Waals surface area contributed by atoms with Crippen molar-refractivity contribution in [1.29, 1.82) is 0 Å². The number of benzene rings is 1. The first-order valence-electron chi connectivity index (χ1n) is 6.77. The first kappa shape index (κ1) is 17.9. The van der Waals surface area contributed by atoms with E-state index in [1.807, 2.05) is 13.8 Å². The Balaban J connectivity index is 2.78. The van der Waals surface area contributed by atoms with Gasteiger partial charge in [0, 0.05) is 16.2 Å². The van der Waals surface area contributed by atoms with Crippen molar-refractivity contribution >= 4 is 17.7 Å². The number of thioether (sulfide) groups is 1. The largest absolute Gasteiger partial charge is 0.468 e. The highest BCUT2D eigenvalue weighted by molar-refractivity contribution is 8.00. The summed E-state index contributed by atoms with van der Waals surface area (Å²) in [5.41, 5.74) is -0.827. The Morgan fingerprint density at radius 3 is 2.67 bits per heavy atom. The summed E-state index contributed by atoms with van der Waals surface area (Å²) in [6.07, 6.45) is 0.467. The van der Waals surface area contributed by atoms with E-state index in [9.17, 15) is 13.6 Å². The third-order valence-corrected chi connectivity index (χ3v) is 4.27. The van der Waals surface area contributed by atoms with E-state index in [0.29, 0.717) is 17.9 Å². The molecular weight excluding hydrogens is 296 g/mol. The minimum absolute atomic E-state index is 0.0480. The molecule has 0 saturated heterocycles. The molecule has 118 valence electrons. The monoisotopic (exact) mass is 317 g/mol. The number of hydrogen-bond acceptors (Lipinski definition) is 4. The lowest BCUT2D eigenvalue weighted by Crippen LogP contribution is -2.51. The maximum absolute atomic E-state index is 13.6. The number of likely N-dealkylation sites (N-methyl/N-ethyl adjacent to an activating group) is 1. The molecule has 3 nitrogen and oxygen atoms in total. The van der Waals surface area contributed by atoms with Gasteiger partial charge in [0.15, 0.2) is 0 Å². The molecule has 1 aromatic rings. The zero-order valence-corrected chi connectivity index (χ0v) is 13.5. The fourth-order valence-electron chi connectivity index (χ4n) is 2.25. The molecule has 2 unspecified atom stereocenters. The molecule has 0 heterocycles. The van der Waals surface area contributed by atoms with Crippen LogP contribution in [-0.4, -0.2) is 30.4 Å². The summed E-state index contributed by atoms with van der Waals surface area (Å²) in [6.45, 7) is 6.18. The lowest BCUT2D eigenvalue weighted by molar-refractivity contribution is -0.148. The Labute approximate surface area is 128 Å². The highest BCUT2D eigenvalue weighted by atomic mass is 32.2. The minimum atomic E-state index is -0.827. The second-order valence-electron chi connectivity index (χ2n) is 5.06. The van der Waals surface area contributed by atoms with Crippen molar-refractivity contribution in [2.45, 2.75) is 42.9 Å². The normalized spacial score (nSPS) is 15.3. The van der Waals surface area contributed by atoms with E-state index < -0.39 is 17.2 Å². The summed E-state index contributed by atoms with van der Waals surface area (Å²) < 4.78 is 31.4. The van der Waals surface area contributed by atoms with Crippen molar-refractivity contribution in [3.8, 4) is 0 Å². The third-order valence-electron chi connectivity index (χ3n) is 3.12. The van der Waals surface area contributed by atoms with Crippen LogP contribution in [0.5, 0.6) is 0 Å². The molecule has 0 bridgehead atoms. The summed E-state index contributed by atoms with van der Waals surface area (Å²) >= 11 is 1.27. The van der Waals surface area contributed by atoms with Gasteiger partial charge in [0.05, 0.1) is 7.11 Å². The molecule has 0 aromatic heterocycles. The molecule has 0 saturated carbocycles.